The van der Waals surface area contributed by atoms with Gasteiger partial charge in [0.15, 0.2) is 0 Å². The molecule has 1 aromatic carbocycles. The Hall–Kier alpha value is -1.14. The molecule has 0 aliphatic carbocycles. The molecule has 0 saturated heterocycles. The Morgan fingerprint density at radius 1 is 1.55 bits per heavy atom. The van der Waals surface area contributed by atoms with Gasteiger partial charge < -0.3 is 4.74 Å². The Labute approximate surface area is 70.8 Å². The number of rotatable bonds is 1. The van der Waals surface area contributed by atoms with Gasteiger partial charge in [-0.05, 0) is 12.1 Å². The molecule has 0 spiro atoms. The Bertz CT molecular complexity index is 303. The lowest BCUT2D eigenvalue weighted by Gasteiger charge is -2.02. The van der Waals surface area contributed by atoms with E-state index in [1.807, 2.05) is 6.07 Å². The van der Waals surface area contributed by atoms with Crippen LogP contribution in [0.4, 0.5) is 0 Å². The zero-order valence-corrected chi connectivity index (χ0v) is 6.93. The standard InChI is InChI=1S/C8H7NOS/c1-10-7-3-2-4-8(11)6(7)5-9/h2-4,11H,1H3. The Kier molecular flexibility index (Phi) is 2.40. The highest BCUT2D eigenvalue weighted by atomic mass is 32.1. The van der Waals surface area contributed by atoms with Gasteiger partial charge in [-0.15, -0.1) is 12.6 Å². The second-order valence-electron chi connectivity index (χ2n) is 1.97. The van der Waals surface area contributed by atoms with Crippen molar-refractivity contribution in [1.82, 2.24) is 0 Å². The highest BCUT2D eigenvalue weighted by molar-refractivity contribution is 7.80. The molecule has 3 heteroatoms. The molecule has 0 radical (unpaired) electrons. The molecule has 0 N–H and O–H groups in total. The van der Waals surface area contributed by atoms with Crippen LogP contribution in [0.2, 0.25) is 0 Å². The van der Waals surface area contributed by atoms with E-state index in [-0.39, 0.29) is 0 Å². The fourth-order valence-electron chi connectivity index (χ4n) is 0.802. The summed E-state index contributed by atoms with van der Waals surface area (Å²) in [5, 5.41) is 8.65. The SMILES string of the molecule is COc1cccc(S)c1C#N. The fourth-order valence-corrected chi connectivity index (χ4v) is 1.05. The predicted octanol–water partition coefficient (Wildman–Crippen LogP) is 1.86. The highest BCUT2D eigenvalue weighted by Gasteiger charge is 2.03. The molecule has 1 aromatic rings. The maximum atomic E-state index is 8.65. The number of nitrogens with zero attached hydrogens (tertiary/aromatic N) is 1. The van der Waals surface area contributed by atoms with E-state index in [0.717, 1.165) is 0 Å². The first-order valence-electron chi connectivity index (χ1n) is 3.05. The summed E-state index contributed by atoms with van der Waals surface area (Å²) < 4.78 is 4.95. The van der Waals surface area contributed by atoms with E-state index >= 15 is 0 Å². The molecule has 0 atom stereocenters. The van der Waals surface area contributed by atoms with Gasteiger partial charge >= 0.3 is 0 Å². The van der Waals surface area contributed by atoms with Gasteiger partial charge in [-0.1, -0.05) is 6.07 Å². The molecule has 0 aliphatic heterocycles. The van der Waals surface area contributed by atoms with Crippen molar-refractivity contribution in [2.45, 2.75) is 4.90 Å². The second kappa shape index (κ2) is 3.31. The predicted molar refractivity (Wildman–Crippen MR) is 45.0 cm³/mol. The van der Waals surface area contributed by atoms with Gasteiger partial charge in [-0.25, -0.2) is 0 Å². The first kappa shape index (κ1) is 7.96. The zero-order valence-electron chi connectivity index (χ0n) is 6.03. The van der Waals surface area contributed by atoms with Gasteiger partial charge in [0.1, 0.15) is 17.4 Å². The summed E-state index contributed by atoms with van der Waals surface area (Å²) in [6, 6.07) is 7.30. The van der Waals surface area contributed by atoms with Crippen LogP contribution in [0.1, 0.15) is 5.56 Å². The van der Waals surface area contributed by atoms with Crippen molar-refractivity contribution in [1.29, 1.82) is 5.26 Å². The molecule has 0 bridgehead atoms. The van der Waals surface area contributed by atoms with E-state index in [1.165, 1.54) is 7.11 Å². The Morgan fingerprint density at radius 3 is 2.73 bits per heavy atom. The van der Waals surface area contributed by atoms with Crippen molar-refractivity contribution >= 4 is 12.6 Å². The third-order valence-electron chi connectivity index (χ3n) is 1.34. The minimum absolute atomic E-state index is 0.485. The molecule has 1 rings (SSSR count). The third kappa shape index (κ3) is 1.47. The average molecular weight is 165 g/mol. The van der Waals surface area contributed by atoms with Crippen molar-refractivity contribution in [3.8, 4) is 11.8 Å². The van der Waals surface area contributed by atoms with Gasteiger partial charge in [0.25, 0.3) is 0 Å². The monoisotopic (exact) mass is 165 g/mol. The molecule has 2 nitrogen and oxygen atoms in total. The van der Waals surface area contributed by atoms with E-state index in [1.54, 1.807) is 18.2 Å². The molecule has 0 unspecified atom stereocenters. The van der Waals surface area contributed by atoms with E-state index < -0.39 is 0 Å². The van der Waals surface area contributed by atoms with Crippen molar-refractivity contribution in [2.24, 2.45) is 0 Å². The summed E-state index contributed by atoms with van der Waals surface area (Å²) in [4.78, 5) is 0.645. The number of hydrogen-bond acceptors (Lipinski definition) is 3. The first-order valence-corrected chi connectivity index (χ1v) is 3.50. The van der Waals surface area contributed by atoms with Gasteiger partial charge in [-0.3, -0.25) is 0 Å². The number of ether oxygens (including phenoxy) is 1. The molecule has 56 valence electrons. The largest absolute Gasteiger partial charge is 0.495 e. The Balaban J connectivity index is 3.27. The quantitative estimate of drug-likeness (QED) is 0.644. The topological polar surface area (TPSA) is 33.0 Å². The van der Waals surface area contributed by atoms with Crippen LogP contribution in [-0.4, -0.2) is 7.11 Å². The van der Waals surface area contributed by atoms with E-state index in [4.69, 9.17) is 10.00 Å². The molecule has 11 heavy (non-hydrogen) atoms. The summed E-state index contributed by atoms with van der Waals surface area (Å²) in [5.74, 6) is 0.569. The summed E-state index contributed by atoms with van der Waals surface area (Å²) in [6.45, 7) is 0. The number of thiol groups is 1. The van der Waals surface area contributed by atoms with Crippen LogP contribution in [0.15, 0.2) is 23.1 Å². The molecule has 0 aliphatic rings. The zero-order chi connectivity index (χ0) is 8.27. The maximum absolute atomic E-state index is 8.65. The van der Waals surface area contributed by atoms with Crippen LogP contribution in [-0.2, 0) is 0 Å². The van der Waals surface area contributed by atoms with E-state index in [2.05, 4.69) is 12.6 Å². The van der Waals surface area contributed by atoms with Crippen molar-refractivity contribution in [3.63, 3.8) is 0 Å². The van der Waals surface area contributed by atoms with Crippen LogP contribution >= 0.6 is 12.6 Å². The normalized spacial score (nSPS) is 8.82. The van der Waals surface area contributed by atoms with Crippen molar-refractivity contribution < 1.29 is 4.74 Å². The highest BCUT2D eigenvalue weighted by Crippen LogP contribution is 2.23. The van der Waals surface area contributed by atoms with Crippen molar-refractivity contribution in [3.05, 3.63) is 23.8 Å². The van der Waals surface area contributed by atoms with Crippen LogP contribution in [0.25, 0.3) is 0 Å². The minimum Gasteiger partial charge on any atom is -0.495 e. The molecule has 0 saturated carbocycles. The van der Waals surface area contributed by atoms with Crippen LogP contribution in [0.5, 0.6) is 5.75 Å². The third-order valence-corrected chi connectivity index (χ3v) is 1.71. The summed E-state index contributed by atoms with van der Waals surface area (Å²) >= 11 is 4.10. The lowest BCUT2D eigenvalue weighted by atomic mass is 10.2. The molecule has 0 heterocycles. The minimum atomic E-state index is 0.485. The summed E-state index contributed by atoms with van der Waals surface area (Å²) in [6.07, 6.45) is 0. The molecular weight excluding hydrogens is 158 g/mol. The lowest BCUT2D eigenvalue weighted by Crippen LogP contribution is -1.87. The summed E-state index contributed by atoms with van der Waals surface area (Å²) in [7, 11) is 1.53. The van der Waals surface area contributed by atoms with E-state index in [0.29, 0.717) is 16.2 Å². The fraction of sp³-hybridized carbons (Fsp3) is 0.125. The van der Waals surface area contributed by atoms with Gasteiger partial charge in [0, 0.05) is 4.90 Å². The summed E-state index contributed by atoms with van der Waals surface area (Å²) in [5.41, 5.74) is 0.485. The number of nitriles is 1. The molecule has 0 amide bonds. The van der Waals surface area contributed by atoms with Crippen LogP contribution < -0.4 is 4.74 Å². The second-order valence-corrected chi connectivity index (χ2v) is 2.45. The van der Waals surface area contributed by atoms with Crippen LogP contribution in [0, 0.1) is 11.3 Å². The first-order chi connectivity index (χ1) is 5.29. The van der Waals surface area contributed by atoms with Crippen LogP contribution in [0.3, 0.4) is 0 Å². The smallest absolute Gasteiger partial charge is 0.137 e. The Morgan fingerprint density at radius 2 is 2.27 bits per heavy atom. The number of methoxy groups -OCH3 is 1. The molecule has 0 aromatic heterocycles. The maximum Gasteiger partial charge on any atom is 0.137 e. The lowest BCUT2D eigenvalue weighted by molar-refractivity contribution is 0.412. The van der Waals surface area contributed by atoms with Gasteiger partial charge in [-0.2, -0.15) is 5.26 Å². The molecule has 0 fully saturated rings. The molecular formula is C8H7NOS. The van der Waals surface area contributed by atoms with E-state index in [9.17, 15) is 0 Å². The van der Waals surface area contributed by atoms with Crippen molar-refractivity contribution in [2.75, 3.05) is 7.11 Å². The van der Waals surface area contributed by atoms with Gasteiger partial charge in [0.05, 0.1) is 7.11 Å². The average Bonchev–Trinajstić information content (AvgIpc) is 2.04. The number of benzene rings is 1. The number of hydrogen-bond donors (Lipinski definition) is 1. The van der Waals surface area contributed by atoms with Gasteiger partial charge in [0.2, 0.25) is 0 Å².